The van der Waals surface area contributed by atoms with Gasteiger partial charge in [0.25, 0.3) is 0 Å². The highest BCUT2D eigenvalue weighted by molar-refractivity contribution is 5.75. The van der Waals surface area contributed by atoms with Gasteiger partial charge in [0, 0.05) is 5.56 Å². The van der Waals surface area contributed by atoms with E-state index in [9.17, 15) is 9.18 Å². The number of methoxy groups -OCH3 is 1. The number of rotatable bonds is 4. The third-order valence-corrected chi connectivity index (χ3v) is 4.88. The maximum atomic E-state index is 13.8. The molecule has 2 aliphatic rings. The van der Waals surface area contributed by atoms with Crippen LogP contribution in [-0.2, 0) is 14.3 Å². The second-order valence-electron chi connectivity index (χ2n) is 7.15. The van der Waals surface area contributed by atoms with Crippen LogP contribution in [0.5, 0.6) is 5.75 Å². The second kappa shape index (κ2) is 7.16. The Morgan fingerprint density at radius 1 is 1.40 bits per heavy atom. The molecule has 1 aliphatic heterocycles. The highest BCUT2D eigenvalue weighted by Gasteiger charge is 2.42. The first-order valence-electron chi connectivity index (χ1n) is 8.82. The zero-order valence-corrected chi connectivity index (χ0v) is 15.0. The van der Waals surface area contributed by atoms with Gasteiger partial charge in [-0.3, -0.25) is 4.79 Å². The van der Waals surface area contributed by atoms with Gasteiger partial charge in [0.2, 0.25) is 0 Å². The van der Waals surface area contributed by atoms with E-state index >= 15 is 0 Å². The summed E-state index contributed by atoms with van der Waals surface area (Å²) in [6.45, 7) is 4.28. The summed E-state index contributed by atoms with van der Waals surface area (Å²) in [6, 6.07) is 4.56. The molecular formula is C20H25FO4. The van der Waals surface area contributed by atoms with Crippen molar-refractivity contribution in [2.24, 2.45) is 5.92 Å². The van der Waals surface area contributed by atoms with E-state index in [0.717, 1.165) is 30.4 Å². The van der Waals surface area contributed by atoms with E-state index in [1.807, 2.05) is 13.8 Å². The van der Waals surface area contributed by atoms with Crippen LogP contribution < -0.4 is 4.74 Å². The van der Waals surface area contributed by atoms with Gasteiger partial charge in [-0.05, 0) is 69.4 Å². The Hall–Kier alpha value is -1.88. The molecule has 0 bridgehead atoms. The smallest absolute Gasteiger partial charge is 0.308 e. The van der Waals surface area contributed by atoms with Gasteiger partial charge in [0.1, 0.15) is 11.6 Å². The van der Waals surface area contributed by atoms with Crippen LogP contribution in [0.3, 0.4) is 0 Å². The number of hydrogen-bond donors (Lipinski definition) is 0. The zero-order chi connectivity index (χ0) is 18.0. The summed E-state index contributed by atoms with van der Waals surface area (Å²) in [6.07, 6.45) is 5.26. The largest absolute Gasteiger partial charge is 0.490 e. The molecule has 4 nitrogen and oxygen atoms in total. The van der Waals surface area contributed by atoms with Crippen molar-refractivity contribution in [2.75, 3.05) is 13.7 Å². The monoisotopic (exact) mass is 348 g/mol. The standard InChI is InChI=1S/C20H25FO4/c1-13(2)25-18-7-6-16(21)9-17(18)15-11-20(24-12-15)8-4-5-14(10-20)19(22)23-3/h6-7,9,11,13-14H,4-5,8,10,12H2,1-3H3/t14?,20-/m0/s1. The molecule has 2 atom stereocenters. The highest BCUT2D eigenvalue weighted by atomic mass is 19.1. The lowest BCUT2D eigenvalue weighted by molar-refractivity contribution is -0.149. The quantitative estimate of drug-likeness (QED) is 0.768. The van der Waals surface area contributed by atoms with Crippen molar-refractivity contribution in [3.05, 3.63) is 35.7 Å². The molecule has 5 heteroatoms. The molecule has 1 spiro atoms. The Bertz CT molecular complexity index is 682. The van der Waals surface area contributed by atoms with Gasteiger partial charge >= 0.3 is 5.97 Å². The molecular weight excluding hydrogens is 323 g/mol. The van der Waals surface area contributed by atoms with Crippen LogP contribution in [0.4, 0.5) is 4.39 Å². The fourth-order valence-electron chi connectivity index (χ4n) is 3.79. The maximum absolute atomic E-state index is 13.8. The van der Waals surface area contributed by atoms with E-state index in [1.54, 1.807) is 6.07 Å². The lowest BCUT2D eigenvalue weighted by Crippen LogP contribution is -2.37. The summed E-state index contributed by atoms with van der Waals surface area (Å²) < 4.78 is 30.6. The fraction of sp³-hybridized carbons (Fsp3) is 0.550. The summed E-state index contributed by atoms with van der Waals surface area (Å²) >= 11 is 0. The Morgan fingerprint density at radius 2 is 2.20 bits per heavy atom. The van der Waals surface area contributed by atoms with Gasteiger partial charge in [-0.25, -0.2) is 4.39 Å². The minimum Gasteiger partial charge on any atom is -0.490 e. The second-order valence-corrected chi connectivity index (χ2v) is 7.15. The van der Waals surface area contributed by atoms with E-state index in [0.29, 0.717) is 18.8 Å². The lowest BCUT2D eigenvalue weighted by atomic mass is 9.77. The van der Waals surface area contributed by atoms with Crippen molar-refractivity contribution in [2.45, 2.75) is 51.2 Å². The van der Waals surface area contributed by atoms with Crippen molar-refractivity contribution in [3.63, 3.8) is 0 Å². The van der Waals surface area contributed by atoms with Gasteiger partial charge in [0.15, 0.2) is 0 Å². The SMILES string of the molecule is COC(=O)C1CCC[C@@]2(C=C(c3cc(F)ccc3OC(C)C)CO2)C1. The molecule has 1 aliphatic carbocycles. The molecule has 25 heavy (non-hydrogen) atoms. The molecule has 0 aromatic heterocycles. The predicted octanol–water partition coefficient (Wildman–Crippen LogP) is 4.13. The first-order valence-corrected chi connectivity index (χ1v) is 8.82. The normalized spacial score (nSPS) is 26.0. The summed E-state index contributed by atoms with van der Waals surface area (Å²) in [7, 11) is 1.42. The Kier molecular flexibility index (Phi) is 5.13. The molecule has 3 rings (SSSR count). The number of carbonyl (C=O) groups is 1. The van der Waals surface area contributed by atoms with Crippen molar-refractivity contribution in [3.8, 4) is 5.75 Å². The van der Waals surface area contributed by atoms with E-state index in [4.69, 9.17) is 14.2 Å². The summed E-state index contributed by atoms with van der Waals surface area (Å²) in [5.41, 5.74) is 1.18. The number of esters is 1. The molecule has 1 heterocycles. The van der Waals surface area contributed by atoms with Crippen molar-refractivity contribution in [1.82, 2.24) is 0 Å². The minimum absolute atomic E-state index is 0.000483. The average Bonchev–Trinajstić information content (AvgIpc) is 2.98. The number of ether oxygens (including phenoxy) is 3. The molecule has 0 saturated heterocycles. The molecule has 1 unspecified atom stereocenters. The molecule has 1 aromatic rings. The van der Waals surface area contributed by atoms with E-state index in [2.05, 4.69) is 6.08 Å². The van der Waals surface area contributed by atoms with Crippen LogP contribution in [0, 0.1) is 11.7 Å². The zero-order valence-electron chi connectivity index (χ0n) is 15.0. The third kappa shape index (κ3) is 3.87. The average molecular weight is 348 g/mol. The van der Waals surface area contributed by atoms with Gasteiger partial charge in [0.05, 0.1) is 31.3 Å². The van der Waals surface area contributed by atoms with Crippen LogP contribution in [-0.4, -0.2) is 31.4 Å². The Balaban J connectivity index is 1.88. The molecule has 0 N–H and O–H groups in total. The number of halogens is 1. The summed E-state index contributed by atoms with van der Waals surface area (Å²) in [5, 5.41) is 0. The first-order chi connectivity index (χ1) is 11.9. The summed E-state index contributed by atoms with van der Waals surface area (Å²) in [5.74, 6) is 0.0278. The Labute approximate surface area is 148 Å². The van der Waals surface area contributed by atoms with Crippen LogP contribution in [0.15, 0.2) is 24.3 Å². The van der Waals surface area contributed by atoms with Crippen molar-refractivity contribution < 1.29 is 23.4 Å². The van der Waals surface area contributed by atoms with E-state index in [1.165, 1.54) is 19.2 Å². The summed E-state index contributed by atoms with van der Waals surface area (Å²) in [4.78, 5) is 11.9. The highest BCUT2D eigenvalue weighted by Crippen LogP contribution is 2.44. The molecule has 1 aromatic carbocycles. The van der Waals surface area contributed by atoms with Crippen molar-refractivity contribution in [1.29, 1.82) is 0 Å². The number of benzene rings is 1. The van der Waals surface area contributed by atoms with Crippen molar-refractivity contribution >= 4 is 11.5 Å². The van der Waals surface area contributed by atoms with Gasteiger partial charge < -0.3 is 14.2 Å². The lowest BCUT2D eigenvalue weighted by Gasteiger charge is -2.34. The van der Waals surface area contributed by atoms with E-state index in [-0.39, 0.29) is 23.8 Å². The fourth-order valence-corrected chi connectivity index (χ4v) is 3.79. The minimum atomic E-state index is -0.464. The van der Waals surface area contributed by atoms with Crippen LogP contribution in [0.2, 0.25) is 0 Å². The maximum Gasteiger partial charge on any atom is 0.308 e. The number of carbonyl (C=O) groups excluding carboxylic acids is 1. The molecule has 1 saturated carbocycles. The predicted molar refractivity (Wildman–Crippen MR) is 92.8 cm³/mol. The first kappa shape index (κ1) is 17.9. The molecule has 136 valence electrons. The van der Waals surface area contributed by atoms with Gasteiger partial charge in [-0.2, -0.15) is 0 Å². The molecule has 0 radical (unpaired) electrons. The Morgan fingerprint density at radius 3 is 2.92 bits per heavy atom. The number of hydrogen-bond acceptors (Lipinski definition) is 4. The van der Waals surface area contributed by atoms with Crippen LogP contribution in [0.1, 0.15) is 45.1 Å². The topological polar surface area (TPSA) is 44.8 Å². The molecule has 1 fully saturated rings. The van der Waals surface area contributed by atoms with Gasteiger partial charge in [-0.1, -0.05) is 0 Å². The third-order valence-electron chi connectivity index (χ3n) is 4.88. The molecule has 0 amide bonds. The van der Waals surface area contributed by atoms with Crippen LogP contribution in [0.25, 0.3) is 5.57 Å². The van der Waals surface area contributed by atoms with Crippen LogP contribution >= 0.6 is 0 Å². The van der Waals surface area contributed by atoms with Gasteiger partial charge in [-0.15, -0.1) is 0 Å². The van der Waals surface area contributed by atoms with E-state index < -0.39 is 5.60 Å².